The number of carbonyl (C=O) groups is 1. The van der Waals surface area contributed by atoms with Gasteiger partial charge in [-0.2, -0.15) is 0 Å². The second kappa shape index (κ2) is 6.72. The van der Waals surface area contributed by atoms with Gasteiger partial charge in [-0.25, -0.2) is 13.8 Å². The van der Waals surface area contributed by atoms with Gasteiger partial charge in [0, 0.05) is 22.6 Å². The van der Waals surface area contributed by atoms with Gasteiger partial charge in [0.05, 0.1) is 17.8 Å². The lowest BCUT2D eigenvalue weighted by molar-refractivity contribution is -0.115. The lowest BCUT2D eigenvalue weighted by Gasteiger charge is -2.03. The van der Waals surface area contributed by atoms with Crippen molar-refractivity contribution in [1.29, 1.82) is 0 Å². The molecule has 130 valence electrons. The highest BCUT2D eigenvalue weighted by atomic mass is 32.1. The molecule has 0 aliphatic rings. The summed E-state index contributed by atoms with van der Waals surface area (Å²) >= 11 is 1.17. The Labute approximate surface area is 146 Å². The Bertz CT molecular complexity index is 930. The predicted molar refractivity (Wildman–Crippen MR) is 90.5 cm³/mol. The summed E-state index contributed by atoms with van der Waals surface area (Å²) in [4.78, 5) is 16.4. The number of rotatable bonds is 4. The van der Waals surface area contributed by atoms with Gasteiger partial charge in [-0.3, -0.25) is 4.79 Å². The van der Waals surface area contributed by atoms with Crippen molar-refractivity contribution in [2.45, 2.75) is 27.2 Å². The average Bonchev–Trinajstić information content (AvgIpc) is 3.12. The fourth-order valence-corrected chi connectivity index (χ4v) is 3.11. The zero-order valence-corrected chi connectivity index (χ0v) is 14.6. The van der Waals surface area contributed by atoms with Gasteiger partial charge in [0.15, 0.2) is 5.13 Å². The fraction of sp³-hybridized carbons (Fsp3) is 0.235. The molecule has 1 N–H and O–H groups in total. The Morgan fingerprint density at radius 3 is 2.68 bits per heavy atom. The molecule has 1 amide bonds. The van der Waals surface area contributed by atoms with E-state index in [-0.39, 0.29) is 17.9 Å². The third kappa shape index (κ3) is 3.58. The van der Waals surface area contributed by atoms with Crippen LogP contribution in [0.4, 0.5) is 13.9 Å². The van der Waals surface area contributed by atoms with E-state index < -0.39 is 11.6 Å². The minimum Gasteiger partial charge on any atom is -0.361 e. The molecule has 0 atom stereocenters. The Kier molecular flexibility index (Phi) is 4.63. The van der Waals surface area contributed by atoms with Crippen molar-refractivity contribution in [3.05, 3.63) is 51.7 Å². The molecule has 0 fully saturated rings. The summed E-state index contributed by atoms with van der Waals surface area (Å²) in [6.45, 7) is 5.06. The van der Waals surface area contributed by atoms with Crippen molar-refractivity contribution >= 4 is 22.4 Å². The van der Waals surface area contributed by atoms with Gasteiger partial charge in [-0.05, 0) is 32.4 Å². The molecule has 2 aromatic heterocycles. The van der Waals surface area contributed by atoms with E-state index in [0.29, 0.717) is 27.8 Å². The zero-order chi connectivity index (χ0) is 18.1. The van der Waals surface area contributed by atoms with Crippen LogP contribution in [0.1, 0.15) is 22.6 Å². The molecule has 0 aliphatic heterocycles. The fourth-order valence-electron chi connectivity index (χ4n) is 2.39. The van der Waals surface area contributed by atoms with Crippen molar-refractivity contribution in [1.82, 2.24) is 10.1 Å². The number of halogens is 2. The van der Waals surface area contributed by atoms with Crippen LogP contribution in [-0.2, 0) is 11.2 Å². The van der Waals surface area contributed by atoms with Crippen LogP contribution in [0.15, 0.2) is 22.0 Å². The van der Waals surface area contributed by atoms with Crippen molar-refractivity contribution in [3.63, 3.8) is 0 Å². The molecule has 0 unspecified atom stereocenters. The Morgan fingerprint density at radius 2 is 2.00 bits per heavy atom. The Hall–Kier alpha value is -2.61. The van der Waals surface area contributed by atoms with E-state index in [9.17, 15) is 13.6 Å². The monoisotopic (exact) mass is 363 g/mol. The maximum atomic E-state index is 13.9. The second-order valence-electron chi connectivity index (χ2n) is 5.65. The molecule has 2 heterocycles. The van der Waals surface area contributed by atoms with Gasteiger partial charge in [0.25, 0.3) is 0 Å². The van der Waals surface area contributed by atoms with E-state index in [2.05, 4.69) is 15.5 Å². The first-order valence-corrected chi connectivity index (χ1v) is 8.36. The third-order valence-corrected chi connectivity index (χ3v) is 4.55. The van der Waals surface area contributed by atoms with E-state index >= 15 is 0 Å². The molecular weight excluding hydrogens is 348 g/mol. The van der Waals surface area contributed by atoms with E-state index in [1.165, 1.54) is 17.4 Å². The van der Waals surface area contributed by atoms with Gasteiger partial charge < -0.3 is 9.84 Å². The molecule has 1 aromatic carbocycles. The summed E-state index contributed by atoms with van der Waals surface area (Å²) in [5.74, 6) is -0.978. The van der Waals surface area contributed by atoms with Crippen LogP contribution in [0.3, 0.4) is 0 Å². The van der Waals surface area contributed by atoms with Gasteiger partial charge in [-0.15, -0.1) is 11.3 Å². The number of nitrogens with zero attached hydrogens (tertiary/aromatic N) is 2. The quantitative estimate of drug-likeness (QED) is 0.755. The number of aromatic nitrogens is 2. The summed E-state index contributed by atoms with van der Waals surface area (Å²) in [5, 5.41) is 8.43. The number of aryl methyl sites for hydroxylation is 3. The highest BCUT2D eigenvalue weighted by Crippen LogP contribution is 2.29. The van der Waals surface area contributed by atoms with Crippen molar-refractivity contribution < 1.29 is 18.1 Å². The second-order valence-corrected chi connectivity index (χ2v) is 6.50. The number of carbonyl (C=O) groups excluding carboxylic acids is 1. The van der Waals surface area contributed by atoms with Crippen molar-refractivity contribution in [2.75, 3.05) is 5.32 Å². The molecule has 8 heteroatoms. The number of amides is 1. The first-order chi connectivity index (χ1) is 11.8. The van der Waals surface area contributed by atoms with E-state index in [0.717, 1.165) is 11.6 Å². The molecule has 0 aliphatic carbocycles. The Morgan fingerprint density at radius 1 is 1.24 bits per heavy atom. The summed E-state index contributed by atoms with van der Waals surface area (Å²) in [6, 6.07) is 2.23. The maximum Gasteiger partial charge on any atom is 0.230 e. The first-order valence-electron chi connectivity index (χ1n) is 7.48. The molecule has 0 bridgehead atoms. The Balaban J connectivity index is 1.76. The van der Waals surface area contributed by atoms with Crippen LogP contribution < -0.4 is 5.32 Å². The predicted octanol–water partition coefficient (Wildman–Crippen LogP) is 4.18. The van der Waals surface area contributed by atoms with Crippen LogP contribution in [0, 0.1) is 32.4 Å². The molecule has 0 saturated carbocycles. The van der Waals surface area contributed by atoms with E-state index in [1.54, 1.807) is 26.2 Å². The molecular formula is C17H15F2N3O2S. The van der Waals surface area contributed by atoms with Gasteiger partial charge in [0.1, 0.15) is 17.4 Å². The summed E-state index contributed by atoms with van der Waals surface area (Å²) < 4.78 is 32.3. The molecule has 0 saturated heterocycles. The van der Waals surface area contributed by atoms with Crippen LogP contribution in [-0.4, -0.2) is 16.0 Å². The number of benzene rings is 1. The summed E-state index contributed by atoms with van der Waals surface area (Å²) in [6.07, 6.45) is 0.111. The number of nitrogens with one attached hydrogen (secondary N) is 1. The first kappa shape index (κ1) is 17.2. The third-order valence-electron chi connectivity index (χ3n) is 3.79. The number of hydrogen-bond donors (Lipinski definition) is 1. The topological polar surface area (TPSA) is 68.0 Å². The molecule has 0 radical (unpaired) electrons. The van der Waals surface area contributed by atoms with Gasteiger partial charge in [0.2, 0.25) is 5.91 Å². The molecule has 25 heavy (non-hydrogen) atoms. The summed E-state index contributed by atoms with van der Waals surface area (Å²) in [7, 11) is 0. The molecule has 5 nitrogen and oxygen atoms in total. The highest BCUT2D eigenvalue weighted by molar-refractivity contribution is 7.14. The van der Waals surface area contributed by atoms with Crippen LogP contribution in [0.5, 0.6) is 0 Å². The number of thiazole rings is 1. The van der Waals surface area contributed by atoms with Gasteiger partial charge >= 0.3 is 0 Å². The largest absolute Gasteiger partial charge is 0.361 e. The average molecular weight is 363 g/mol. The van der Waals surface area contributed by atoms with Crippen molar-refractivity contribution in [3.8, 4) is 11.3 Å². The van der Waals surface area contributed by atoms with Crippen molar-refractivity contribution in [2.24, 2.45) is 0 Å². The smallest absolute Gasteiger partial charge is 0.230 e. The minimum absolute atomic E-state index is 0.111. The normalized spacial score (nSPS) is 10.9. The molecule has 0 spiro atoms. The highest BCUT2D eigenvalue weighted by Gasteiger charge is 2.16. The minimum atomic E-state index is -0.693. The zero-order valence-electron chi connectivity index (χ0n) is 13.8. The SMILES string of the molecule is Cc1cc(-c2csc(NC(=O)Cc3c(C)noc3C)n2)c(F)cc1F. The standard InChI is InChI=1S/C17H15F2N3O2S/c1-8-4-12(14(19)6-13(8)18)15-7-25-17(20-15)21-16(23)5-11-9(2)22-24-10(11)3/h4,6-7H,5H2,1-3H3,(H,20,21,23). The number of hydrogen-bond acceptors (Lipinski definition) is 5. The van der Waals surface area contributed by atoms with Gasteiger partial charge in [-0.1, -0.05) is 5.16 Å². The van der Waals surface area contributed by atoms with Crippen LogP contribution in [0.2, 0.25) is 0 Å². The summed E-state index contributed by atoms with van der Waals surface area (Å²) in [5.41, 5.74) is 2.26. The molecule has 3 rings (SSSR count). The number of anilines is 1. The molecule has 3 aromatic rings. The van der Waals surface area contributed by atoms with E-state index in [1.807, 2.05) is 0 Å². The lowest BCUT2D eigenvalue weighted by Crippen LogP contribution is -2.15. The van der Waals surface area contributed by atoms with Crippen LogP contribution in [0.25, 0.3) is 11.3 Å². The van der Waals surface area contributed by atoms with E-state index in [4.69, 9.17) is 4.52 Å². The van der Waals surface area contributed by atoms with Crippen LogP contribution >= 0.6 is 11.3 Å². The maximum absolute atomic E-state index is 13.9. The lowest BCUT2D eigenvalue weighted by atomic mass is 10.1.